The maximum Gasteiger partial charge on any atom is 0.226 e. The molecule has 3 heterocycles. The Hall–Kier alpha value is -2.21. The summed E-state index contributed by atoms with van der Waals surface area (Å²) in [7, 11) is -3.05. The summed E-state index contributed by atoms with van der Waals surface area (Å²) in [6.07, 6.45) is 0.631. The zero-order valence-electron chi connectivity index (χ0n) is 16.2. The van der Waals surface area contributed by atoms with Crippen LogP contribution in [0.1, 0.15) is 35.7 Å². The molecule has 168 valence electrons. The van der Waals surface area contributed by atoms with Crippen LogP contribution in [0.15, 0.2) is 6.07 Å². The Morgan fingerprint density at radius 1 is 1.16 bits per heavy atom. The Bertz CT molecular complexity index is 1180. The minimum Gasteiger partial charge on any atom is -0.353 e. The first-order chi connectivity index (χ1) is 14.6. The number of carbonyl (C=O) groups excluding carboxylic acids is 1. The maximum atomic E-state index is 14.2. The maximum absolute atomic E-state index is 14.2. The van der Waals surface area contributed by atoms with Crippen molar-refractivity contribution >= 4 is 28.0 Å². The second kappa shape index (κ2) is 8.05. The van der Waals surface area contributed by atoms with E-state index in [9.17, 15) is 30.8 Å². The molecule has 0 spiro atoms. The minimum absolute atomic E-state index is 0.0174. The molecule has 1 aromatic heterocycles. The molecule has 31 heavy (non-hydrogen) atoms. The number of nitrogens with one attached hydrogen (secondary N) is 2. The number of fused-ring (bicyclic) bond motifs is 1. The highest BCUT2D eigenvalue weighted by Gasteiger charge is 2.34. The van der Waals surface area contributed by atoms with E-state index < -0.39 is 44.6 Å². The van der Waals surface area contributed by atoms with Crippen molar-refractivity contribution in [2.45, 2.75) is 44.2 Å². The lowest BCUT2D eigenvalue weighted by atomic mass is 9.94. The van der Waals surface area contributed by atoms with Crippen LogP contribution in [0.2, 0.25) is 0 Å². The molecule has 0 saturated carbocycles. The van der Waals surface area contributed by atoms with E-state index in [-0.39, 0.29) is 53.7 Å². The number of benzene rings is 1. The average Bonchev–Trinajstić information content (AvgIpc) is 3.23. The fourth-order valence-corrected chi connectivity index (χ4v) is 6.06. The van der Waals surface area contributed by atoms with E-state index in [4.69, 9.17) is 12.2 Å². The van der Waals surface area contributed by atoms with Crippen LogP contribution in [-0.2, 0) is 34.0 Å². The third kappa shape index (κ3) is 4.27. The molecule has 1 atom stereocenters. The van der Waals surface area contributed by atoms with Gasteiger partial charge in [0.15, 0.2) is 28.0 Å². The van der Waals surface area contributed by atoms with Crippen LogP contribution in [0.25, 0.3) is 0 Å². The van der Waals surface area contributed by atoms with Crippen LogP contribution in [0.3, 0.4) is 0 Å². The van der Waals surface area contributed by atoms with Crippen LogP contribution in [-0.4, -0.2) is 41.4 Å². The quantitative estimate of drug-likeness (QED) is 0.403. The van der Waals surface area contributed by atoms with E-state index in [0.29, 0.717) is 24.2 Å². The van der Waals surface area contributed by atoms with Crippen LogP contribution >= 0.6 is 12.2 Å². The van der Waals surface area contributed by atoms with Gasteiger partial charge in [-0.25, -0.2) is 26.0 Å². The van der Waals surface area contributed by atoms with Gasteiger partial charge in [0.2, 0.25) is 5.91 Å². The van der Waals surface area contributed by atoms with Crippen LogP contribution in [0.5, 0.6) is 0 Å². The lowest BCUT2D eigenvalue weighted by molar-refractivity contribution is -0.121. The number of amides is 1. The smallest absolute Gasteiger partial charge is 0.226 e. The molecule has 0 radical (unpaired) electrons. The lowest BCUT2D eigenvalue weighted by Gasteiger charge is -2.23. The first-order valence-electron chi connectivity index (χ1n) is 9.69. The number of halogens is 4. The molecule has 2 aliphatic rings. The highest BCUT2D eigenvalue weighted by atomic mass is 32.2. The molecule has 6 nitrogen and oxygen atoms in total. The molecule has 2 aliphatic heterocycles. The highest BCUT2D eigenvalue weighted by molar-refractivity contribution is 7.91. The lowest BCUT2D eigenvalue weighted by Crippen LogP contribution is -2.41. The first-order valence-corrected chi connectivity index (χ1v) is 11.9. The van der Waals surface area contributed by atoms with Gasteiger partial charge in [-0.2, -0.15) is 0 Å². The summed E-state index contributed by atoms with van der Waals surface area (Å²) < 4.78 is 80.5. The van der Waals surface area contributed by atoms with Crippen molar-refractivity contribution in [3.63, 3.8) is 0 Å². The summed E-state index contributed by atoms with van der Waals surface area (Å²) in [6.45, 7) is 0.0174. The van der Waals surface area contributed by atoms with Crippen molar-refractivity contribution in [3.8, 4) is 0 Å². The molecule has 0 aliphatic carbocycles. The second-order valence-corrected chi connectivity index (χ2v) is 10.6. The molecular weight excluding hydrogens is 458 g/mol. The predicted octanol–water partition coefficient (Wildman–Crippen LogP) is 2.68. The summed E-state index contributed by atoms with van der Waals surface area (Å²) >= 11 is 5.23. The van der Waals surface area contributed by atoms with E-state index in [1.165, 1.54) is 0 Å². The summed E-state index contributed by atoms with van der Waals surface area (Å²) in [5, 5.41) is 2.80. The van der Waals surface area contributed by atoms with Crippen molar-refractivity contribution in [1.82, 2.24) is 14.9 Å². The molecular formula is C19H19F4N3O3S2. The number of rotatable bonds is 4. The third-order valence-corrected chi connectivity index (χ3v) is 7.87. The minimum atomic E-state index is -3.05. The molecule has 1 saturated heterocycles. The van der Waals surface area contributed by atoms with Gasteiger partial charge in [0.1, 0.15) is 9.84 Å². The SMILES string of the molecule is O=C(Cc1[nH]c(=S)n2c1C[C@H](c1c(F)c(F)cc(F)c1F)C2)NC1CCS(=O)(=O)CC1. The summed E-state index contributed by atoms with van der Waals surface area (Å²) in [4.78, 5) is 15.4. The van der Waals surface area contributed by atoms with Crippen molar-refractivity contribution in [2.75, 3.05) is 11.5 Å². The third-order valence-electron chi connectivity index (χ3n) is 5.83. The standard InChI is InChI=1S/C19H19F4N3O3S2/c20-11-6-12(21)18(23)16(17(11)22)9-5-14-13(25-19(30)26(14)8-9)7-15(27)24-10-1-3-31(28,29)4-2-10/h6,9-10H,1-5,7-8H2,(H,24,27)(H,25,30)/t9-/m0/s1. The van der Waals surface area contributed by atoms with Gasteiger partial charge in [-0.05, 0) is 31.5 Å². The Labute approximate surface area is 180 Å². The first kappa shape index (κ1) is 22.0. The van der Waals surface area contributed by atoms with Crippen molar-refractivity contribution in [2.24, 2.45) is 0 Å². The van der Waals surface area contributed by atoms with E-state index in [1.54, 1.807) is 4.57 Å². The molecule has 1 fully saturated rings. The molecule has 1 amide bonds. The monoisotopic (exact) mass is 477 g/mol. The van der Waals surface area contributed by atoms with Crippen molar-refractivity contribution in [1.29, 1.82) is 0 Å². The van der Waals surface area contributed by atoms with Gasteiger partial charge in [0, 0.05) is 41.5 Å². The highest BCUT2D eigenvalue weighted by Crippen LogP contribution is 2.36. The van der Waals surface area contributed by atoms with Crippen molar-refractivity contribution in [3.05, 3.63) is 51.1 Å². The number of carbonyl (C=O) groups is 1. The molecule has 2 aromatic rings. The van der Waals surface area contributed by atoms with Crippen LogP contribution in [0, 0.1) is 28.0 Å². The Morgan fingerprint density at radius 2 is 1.77 bits per heavy atom. The van der Waals surface area contributed by atoms with Crippen LogP contribution < -0.4 is 5.32 Å². The Balaban J connectivity index is 1.50. The number of nitrogens with zero attached hydrogens (tertiary/aromatic N) is 1. The fraction of sp³-hybridized carbons (Fsp3) is 0.474. The number of hydrogen-bond acceptors (Lipinski definition) is 4. The van der Waals surface area contributed by atoms with Gasteiger partial charge in [-0.15, -0.1) is 0 Å². The molecule has 12 heteroatoms. The van der Waals surface area contributed by atoms with E-state index in [0.717, 1.165) is 0 Å². The van der Waals surface area contributed by atoms with Gasteiger partial charge in [0.25, 0.3) is 0 Å². The summed E-state index contributed by atoms with van der Waals surface area (Å²) in [5.41, 5.74) is 0.320. The summed E-state index contributed by atoms with van der Waals surface area (Å²) in [6, 6.07) is -0.0806. The van der Waals surface area contributed by atoms with Gasteiger partial charge < -0.3 is 14.9 Å². The number of aromatic amines is 1. The fourth-order valence-electron chi connectivity index (χ4n) is 4.26. The zero-order chi connectivity index (χ0) is 22.5. The van der Waals surface area contributed by atoms with Crippen LogP contribution in [0.4, 0.5) is 17.6 Å². The predicted molar refractivity (Wildman–Crippen MR) is 106 cm³/mol. The molecule has 1 aromatic carbocycles. The second-order valence-electron chi connectivity index (χ2n) is 7.92. The average molecular weight is 478 g/mol. The Morgan fingerprint density at radius 3 is 2.39 bits per heavy atom. The number of H-pyrrole nitrogens is 1. The normalized spacial score (nSPS) is 20.6. The van der Waals surface area contributed by atoms with E-state index >= 15 is 0 Å². The Kier molecular flexibility index (Phi) is 5.71. The topological polar surface area (TPSA) is 84.0 Å². The van der Waals surface area contributed by atoms with Gasteiger partial charge in [0.05, 0.1) is 17.9 Å². The van der Waals surface area contributed by atoms with E-state index in [2.05, 4.69) is 10.3 Å². The van der Waals surface area contributed by atoms with Gasteiger partial charge in [-0.3, -0.25) is 4.79 Å². The van der Waals surface area contributed by atoms with Crippen molar-refractivity contribution < 1.29 is 30.8 Å². The molecule has 4 rings (SSSR count). The number of aromatic nitrogens is 2. The number of hydrogen-bond donors (Lipinski definition) is 2. The largest absolute Gasteiger partial charge is 0.353 e. The number of sulfone groups is 1. The molecule has 0 bridgehead atoms. The molecule has 2 N–H and O–H groups in total. The van der Waals surface area contributed by atoms with Gasteiger partial charge >= 0.3 is 0 Å². The zero-order valence-corrected chi connectivity index (χ0v) is 17.8. The van der Waals surface area contributed by atoms with E-state index in [1.807, 2.05) is 0 Å². The summed E-state index contributed by atoms with van der Waals surface area (Å²) in [5.74, 6) is -6.99. The molecule has 0 unspecified atom stereocenters. The van der Waals surface area contributed by atoms with Gasteiger partial charge in [-0.1, -0.05) is 0 Å². The number of imidazole rings is 1.